The molecule has 0 aromatic heterocycles. The smallest absolute Gasteiger partial charge is 0.235 e. The minimum absolute atomic E-state index is 0.380. The summed E-state index contributed by atoms with van der Waals surface area (Å²) < 4.78 is 0. The third-order valence-corrected chi connectivity index (χ3v) is 3.13. The molecule has 2 aromatic rings. The summed E-state index contributed by atoms with van der Waals surface area (Å²) >= 11 is 0. The second kappa shape index (κ2) is 10.7. The molecule has 1 N–H and O–H groups in total. The zero-order valence-corrected chi connectivity index (χ0v) is 13.9. The van der Waals surface area contributed by atoms with E-state index < -0.39 is 22.5 Å². The summed E-state index contributed by atoms with van der Waals surface area (Å²) in [5.74, 6) is 0. The van der Waals surface area contributed by atoms with Crippen molar-refractivity contribution in [2.75, 3.05) is 6.54 Å². The second-order valence-corrected chi connectivity index (χ2v) is 5.11. The van der Waals surface area contributed by atoms with Crippen molar-refractivity contribution in [1.82, 2.24) is 0 Å². The maximum Gasteiger partial charge on any atom is 0.235 e. The van der Waals surface area contributed by atoms with E-state index in [1.807, 2.05) is 12.1 Å². The minimum atomic E-state index is -1.15. The van der Waals surface area contributed by atoms with Crippen LogP contribution in [0.25, 0.3) is 6.08 Å². The first-order valence-electron chi connectivity index (χ1n) is 7.47. The number of aliphatic hydroxyl groups is 1. The number of nitriles is 2. The lowest BCUT2D eigenvalue weighted by Crippen LogP contribution is -2.11. The molecule has 136 valence electrons. The van der Waals surface area contributed by atoms with Crippen LogP contribution >= 0.6 is 0 Å². The molecule has 0 fully saturated rings. The highest BCUT2D eigenvalue weighted by Crippen LogP contribution is 2.14. The van der Waals surface area contributed by atoms with Crippen molar-refractivity contribution < 1.29 is 15.0 Å². The van der Waals surface area contributed by atoms with Gasteiger partial charge in [0.2, 0.25) is 12.7 Å². The third-order valence-electron chi connectivity index (χ3n) is 3.13. The molecular formula is C18H14N4O5. The number of nitro groups is 2. The lowest BCUT2D eigenvalue weighted by atomic mass is 10.1. The van der Waals surface area contributed by atoms with Crippen LogP contribution < -0.4 is 0 Å². The maximum atomic E-state index is 10.1. The Hall–Kier alpha value is -4.08. The predicted molar refractivity (Wildman–Crippen MR) is 95.2 cm³/mol. The van der Waals surface area contributed by atoms with E-state index >= 15 is 0 Å². The Bertz CT molecular complexity index is 928. The molecule has 1 atom stereocenters. The molecule has 9 heteroatoms. The summed E-state index contributed by atoms with van der Waals surface area (Å²) in [7, 11) is 0. The van der Waals surface area contributed by atoms with Gasteiger partial charge in [0.1, 0.15) is 6.10 Å². The fourth-order valence-corrected chi connectivity index (χ4v) is 1.92. The summed E-state index contributed by atoms with van der Waals surface area (Å²) in [6, 6.07) is 16.6. The van der Waals surface area contributed by atoms with E-state index in [0.717, 1.165) is 6.20 Å². The SMILES string of the molecule is N#Cc1cccc(/C=C/[N+](=O)[O-])c1.N#Cc1cccc(C(O)C[N+](=O)[O-])c1. The first-order valence-corrected chi connectivity index (χ1v) is 7.47. The molecule has 27 heavy (non-hydrogen) atoms. The Balaban J connectivity index is 0.000000271. The number of hydrogen-bond acceptors (Lipinski definition) is 7. The van der Waals surface area contributed by atoms with Crippen molar-refractivity contribution in [3.8, 4) is 12.1 Å². The zero-order chi connectivity index (χ0) is 20.2. The van der Waals surface area contributed by atoms with Gasteiger partial charge in [-0.15, -0.1) is 0 Å². The van der Waals surface area contributed by atoms with Crippen molar-refractivity contribution in [3.05, 3.63) is 97.2 Å². The van der Waals surface area contributed by atoms with Gasteiger partial charge in [0.05, 0.1) is 28.2 Å². The van der Waals surface area contributed by atoms with E-state index in [0.29, 0.717) is 22.3 Å². The van der Waals surface area contributed by atoms with Gasteiger partial charge in [-0.25, -0.2) is 0 Å². The van der Waals surface area contributed by atoms with Gasteiger partial charge in [-0.3, -0.25) is 20.2 Å². The van der Waals surface area contributed by atoms with Crippen molar-refractivity contribution in [3.63, 3.8) is 0 Å². The molecule has 0 saturated heterocycles. The minimum Gasteiger partial charge on any atom is -0.382 e. The Morgan fingerprint density at radius 3 is 2.19 bits per heavy atom. The number of benzene rings is 2. The van der Waals surface area contributed by atoms with Crippen LogP contribution in [0.1, 0.15) is 28.4 Å². The molecule has 0 spiro atoms. The topological polar surface area (TPSA) is 154 Å². The largest absolute Gasteiger partial charge is 0.382 e. The predicted octanol–water partition coefficient (Wildman–Crippen LogP) is 2.67. The van der Waals surface area contributed by atoms with E-state index in [1.165, 1.54) is 12.1 Å². The molecular weight excluding hydrogens is 352 g/mol. The molecule has 0 aliphatic heterocycles. The maximum absolute atomic E-state index is 10.1. The Kier molecular flexibility index (Phi) is 8.32. The Morgan fingerprint density at radius 1 is 1.04 bits per heavy atom. The van der Waals surface area contributed by atoms with E-state index in [4.69, 9.17) is 10.5 Å². The molecule has 0 aliphatic rings. The normalized spacial score (nSPS) is 10.8. The molecule has 0 aliphatic carbocycles. The summed E-state index contributed by atoms with van der Waals surface area (Å²) in [4.78, 5) is 19.0. The Labute approximate surface area is 154 Å². The second-order valence-electron chi connectivity index (χ2n) is 5.11. The van der Waals surface area contributed by atoms with E-state index in [9.17, 15) is 25.3 Å². The van der Waals surface area contributed by atoms with Crippen LogP contribution in [-0.4, -0.2) is 21.5 Å². The van der Waals surface area contributed by atoms with Crippen LogP contribution in [-0.2, 0) is 0 Å². The van der Waals surface area contributed by atoms with E-state index in [2.05, 4.69) is 0 Å². The first-order chi connectivity index (χ1) is 12.8. The number of hydrogen-bond donors (Lipinski definition) is 1. The van der Waals surface area contributed by atoms with Crippen molar-refractivity contribution in [1.29, 1.82) is 10.5 Å². The molecule has 2 aromatic carbocycles. The average Bonchev–Trinajstić information content (AvgIpc) is 2.66. The van der Waals surface area contributed by atoms with Gasteiger partial charge >= 0.3 is 0 Å². The zero-order valence-electron chi connectivity index (χ0n) is 13.9. The van der Waals surface area contributed by atoms with Gasteiger partial charge in [0, 0.05) is 11.0 Å². The molecule has 0 saturated carbocycles. The first kappa shape index (κ1) is 21.0. The highest BCUT2D eigenvalue weighted by molar-refractivity contribution is 5.51. The molecule has 9 nitrogen and oxygen atoms in total. The Morgan fingerprint density at radius 2 is 1.63 bits per heavy atom. The number of rotatable bonds is 5. The fourth-order valence-electron chi connectivity index (χ4n) is 1.92. The molecule has 0 amide bonds. The van der Waals surface area contributed by atoms with Gasteiger partial charge in [-0.05, 0) is 35.4 Å². The quantitative estimate of drug-likeness (QED) is 0.630. The molecule has 0 bridgehead atoms. The average molecular weight is 366 g/mol. The van der Waals surface area contributed by atoms with Crippen LogP contribution in [0.4, 0.5) is 0 Å². The molecule has 1 unspecified atom stereocenters. The van der Waals surface area contributed by atoms with Crippen LogP contribution in [0.5, 0.6) is 0 Å². The van der Waals surface area contributed by atoms with Crippen molar-refractivity contribution >= 4 is 6.08 Å². The molecule has 0 heterocycles. The molecule has 2 rings (SSSR count). The van der Waals surface area contributed by atoms with Crippen LogP contribution in [0.3, 0.4) is 0 Å². The lowest BCUT2D eigenvalue weighted by Gasteiger charge is -2.05. The van der Waals surface area contributed by atoms with Gasteiger partial charge in [0.15, 0.2) is 0 Å². The van der Waals surface area contributed by atoms with E-state index in [1.54, 1.807) is 42.5 Å². The van der Waals surface area contributed by atoms with Gasteiger partial charge < -0.3 is 5.11 Å². The highest BCUT2D eigenvalue weighted by Gasteiger charge is 2.13. The highest BCUT2D eigenvalue weighted by atomic mass is 16.6. The van der Waals surface area contributed by atoms with E-state index in [-0.39, 0.29) is 0 Å². The number of aliphatic hydroxyl groups excluding tert-OH is 1. The fraction of sp³-hybridized carbons (Fsp3) is 0.111. The van der Waals surface area contributed by atoms with Gasteiger partial charge in [-0.1, -0.05) is 24.3 Å². The van der Waals surface area contributed by atoms with Gasteiger partial charge in [0.25, 0.3) is 0 Å². The number of nitrogens with zero attached hydrogens (tertiary/aromatic N) is 4. The van der Waals surface area contributed by atoms with Crippen molar-refractivity contribution in [2.24, 2.45) is 0 Å². The monoisotopic (exact) mass is 366 g/mol. The van der Waals surface area contributed by atoms with Crippen molar-refractivity contribution in [2.45, 2.75) is 6.10 Å². The summed E-state index contributed by atoms with van der Waals surface area (Å²) in [5, 5.41) is 46.6. The molecule has 0 radical (unpaired) electrons. The summed E-state index contributed by atoms with van der Waals surface area (Å²) in [5.41, 5.74) is 1.91. The third kappa shape index (κ3) is 8.03. The van der Waals surface area contributed by atoms with Gasteiger partial charge in [-0.2, -0.15) is 10.5 Å². The lowest BCUT2D eigenvalue weighted by molar-refractivity contribution is -0.491. The summed E-state index contributed by atoms with van der Waals surface area (Å²) in [6.45, 7) is -0.547. The van der Waals surface area contributed by atoms with Crippen LogP contribution in [0.15, 0.2) is 54.7 Å². The van der Waals surface area contributed by atoms with Crippen LogP contribution in [0, 0.1) is 42.9 Å². The van der Waals surface area contributed by atoms with Crippen LogP contribution in [0.2, 0.25) is 0 Å². The standard InChI is InChI=1S/C9H8N2O3.C9H6N2O2/c10-5-7-2-1-3-8(4-7)9(12)6-11(13)14;10-7-9-3-1-2-8(6-9)4-5-11(12)13/h1-4,9,12H,6H2;1-6H/b;5-4+. The summed E-state index contributed by atoms with van der Waals surface area (Å²) in [6.07, 6.45) is 1.04.